The summed E-state index contributed by atoms with van der Waals surface area (Å²) in [5.74, 6) is -2.15. The van der Waals surface area contributed by atoms with E-state index in [-0.39, 0.29) is 36.0 Å². The highest BCUT2D eigenvalue weighted by Crippen LogP contribution is 2.32. The average Bonchev–Trinajstić information content (AvgIpc) is 3.56. The van der Waals surface area contributed by atoms with Crippen molar-refractivity contribution in [3.8, 4) is 0 Å². The Morgan fingerprint density at radius 3 is 2.49 bits per heavy atom. The average molecular weight is 556 g/mol. The van der Waals surface area contributed by atoms with Gasteiger partial charge >= 0.3 is 6.03 Å². The Hall–Kier alpha value is -5.00. The van der Waals surface area contributed by atoms with Crippen LogP contribution in [0, 0.1) is 0 Å². The molecule has 4 heterocycles. The number of nitrogens with zero attached hydrogens (tertiary/aromatic N) is 4. The summed E-state index contributed by atoms with van der Waals surface area (Å²) in [4.78, 5) is 65.6. The van der Waals surface area contributed by atoms with Gasteiger partial charge < -0.3 is 15.5 Å². The summed E-state index contributed by atoms with van der Waals surface area (Å²) in [5, 5.41) is 12.9. The summed E-state index contributed by atoms with van der Waals surface area (Å²) in [5.41, 5.74) is 2.59. The minimum Gasteiger partial charge on any atom is -0.380 e. The van der Waals surface area contributed by atoms with E-state index in [2.05, 4.69) is 21.0 Å². The van der Waals surface area contributed by atoms with Gasteiger partial charge in [-0.25, -0.2) is 4.79 Å². The van der Waals surface area contributed by atoms with Crippen LogP contribution in [0.3, 0.4) is 0 Å². The van der Waals surface area contributed by atoms with Gasteiger partial charge in [-0.05, 0) is 43.5 Å². The second kappa shape index (κ2) is 10.9. The fourth-order valence-electron chi connectivity index (χ4n) is 5.59. The summed E-state index contributed by atoms with van der Waals surface area (Å²) in [6, 6.07) is 13.4. The van der Waals surface area contributed by atoms with Crippen molar-refractivity contribution in [3.63, 3.8) is 0 Å². The number of nitrogens with one attached hydrogen (secondary N) is 3. The van der Waals surface area contributed by atoms with Crippen molar-refractivity contribution in [2.24, 2.45) is 0 Å². The molecule has 0 radical (unpaired) electrons. The number of benzene rings is 2. The molecule has 2 fully saturated rings. The largest absolute Gasteiger partial charge is 0.380 e. The van der Waals surface area contributed by atoms with E-state index in [1.54, 1.807) is 24.4 Å². The normalized spacial score (nSPS) is 19.3. The fourth-order valence-corrected chi connectivity index (χ4v) is 5.59. The lowest BCUT2D eigenvalue weighted by Gasteiger charge is -2.32. The first-order valence-corrected chi connectivity index (χ1v) is 13.6. The molecular weight excluding hydrogens is 526 g/mol. The monoisotopic (exact) mass is 555 g/mol. The van der Waals surface area contributed by atoms with Crippen LogP contribution in [0.15, 0.2) is 60.9 Å². The van der Waals surface area contributed by atoms with Crippen molar-refractivity contribution >= 4 is 41.0 Å². The minimum absolute atomic E-state index is 0.0683. The van der Waals surface area contributed by atoms with E-state index in [0.29, 0.717) is 25.3 Å². The second-order valence-electron chi connectivity index (χ2n) is 10.4. The molecule has 3 N–H and O–H groups in total. The van der Waals surface area contributed by atoms with Gasteiger partial charge in [0, 0.05) is 49.2 Å². The number of aromatic nitrogens is 2. The standard InChI is InChI=1S/C29H29N7O5/c37-24-10-9-23(26(38)33-24)36-27(39)21-7-4-8-22(25(21)28(36)40)30-15-18-16-31-35(17-18)20-11-13-34(14-12-20)29(41)32-19-5-2-1-3-6-19/h1-8,16-17,20,23,30H,9-15H2,(H,32,41)(H,33,37,38). The van der Waals surface area contributed by atoms with Crippen LogP contribution in [0.4, 0.5) is 16.2 Å². The van der Waals surface area contributed by atoms with E-state index in [1.807, 2.05) is 46.1 Å². The number of piperidine rings is 2. The molecule has 41 heavy (non-hydrogen) atoms. The van der Waals surface area contributed by atoms with Crippen LogP contribution >= 0.6 is 0 Å². The number of amides is 6. The number of hydrogen-bond donors (Lipinski definition) is 3. The van der Waals surface area contributed by atoms with E-state index >= 15 is 0 Å². The lowest BCUT2D eigenvalue weighted by Crippen LogP contribution is -2.54. The number of anilines is 2. The molecule has 1 unspecified atom stereocenters. The Balaban J connectivity index is 1.07. The van der Waals surface area contributed by atoms with Gasteiger partial charge in [-0.2, -0.15) is 5.10 Å². The quantitative estimate of drug-likeness (QED) is 0.397. The number of carbonyl (C=O) groups is 5. The Bertz CT molecular complexity index is 1530. The first kappa shape index (κ1) is 26.2. The molecule has 3 aliphatic rings. The topological polar surface area (TPSA) is 146 Å². The van der Waals surface area contributed by atoms with Crippen molar-refractivity contribution in [3.05, 3.63) is 77.6 Å². The number of urea groups is 1. The first-order chi connectivity index (χ1) is 19.9. The predicted molar refractivity (Wildman–Crippen MR) is 148 cm³/mol. The molecule has 2 aromatic carbocycles. The summed E-state index contributed by atoms with van der Waals surface area (Å²) in [6.45, 7) is 1.61. The SMILES string of the molecule is O=C1CCC(N2C(=O)c3cccc(NCc4cnn(C5CCN(C(=O)Nc6ccccc6)CC5)c4)c3C2=O)C(=O)N1. The summed E-state index contributed by atoms with van der Waals surface area (Å²) in [7, 11) is 0. The van der Waals surface area contributed by atoms with E-state index in [9.17, 15) is 24.0 Å². The number of likely N-dealkylation sites (tertiary alicyclic amines) is 1. The van der Waals surface area contributed by atoms with Crippen molar-refractivity contribution < 1.29 is 24.0 Å². The third-order valence-corrected chi connectivity index (χ3v) is 7.76. The Kier molecular flexibility index (Phi) is 6.96. The third-order valence-electron chi connectivity index (χ3n) is 7.76. The third kappa shape index (κ3) is 5.15. The van der Waals surface area contributed by atoms with Gasteiger partial charge in [0.1, 0.15) is 6.04 Å². The molecule has 12 nitrogen and oxygen atoms in total. The van der Waals surface area contributed by atoms with Crippen molar-refractivity contribution in [2.75, 3.05) is 23.7 Å². The van der Waals surface area contributed by atoms with E-state index in [4.69, 9.17) is 0 Å². The summed E-state index contributed by atoms with van der Waals surface area (Å²) in [6.07, 6.45) is 5.43. The van der Waals surface area contributed by atoms with Gasteiger partial charge in [0.2, 0.25) is 11.8 Å². The number of fused-ring (bicyclic) bond motifs is 1. The Morgan fingerprint density at radius 1 is 0.951 bits per heavy atom. The van der Waals surface area contributed by atoms with Crippen molar-refractivity contribution in [1.82, 2.24) is 24.9 Å². The predicted octanol–water partition coefficient (Wildman–Crippen LogP) is 2.77. The summed E-state index contributed by atoms with van der Waals surface area (Å²) >= 11 is 0. The maximum atomic E-state index is 13.3. The molecule has 0 bridgehead atoms. The molecule has 210 valence electrons. The fraction of sp³-hybridized carbons (Fsp3) is 0.310. The second-order valence-corrected chi connectivity index (χ2v) is 10.4. The maximum Gasteiger partial charge on any atom is 0.321 e. The highest BCUT2D eigenvalue weighted by molar-refractivity contribution is 6.25. The molecule has 0 spiro atoms. The van der Waals surface area contributed by atoms with Crippen LogP contribution in [0.2, 0.25) is 0 Å². The van der Waals surface area contributed by atoms with Crippen LogP contribution in [0.5, 0.6) is 0 Å². The van der Waals surface area contributed by atoms with E-state index < -0.39 is 29.7 Å². The zero-order valence-electron chi connectivity index (χ0n) is 22.2. The molecule has 0 saturated carbocycles. The van der Waals surface area contributed by atoms with Crippen LogP contribution in [-0.2, 0) is 16.1 Å². The molecule has 2 saturated heterocycles. The Labute approximate surface area is 235 Å². The zero-order valence-corrected chi connectivity index (χ0v) is 22.2. The van der Waals surface area contributed by atoms with E-state index in [0.717, 1.165) is 29.0 Å². The van der Waals surface area contributed by atoms with Crippen LogP contribution < -0.4 is 16.0 Å². The molecule has 1 atom stereocenters. The number of carbonyl (C=O) groups excluding carboxylic acids is 5. The molecule has 12 heteroatoms. The first-order valence-electron chi connectivity index (χ1n) is 13.6. The van der Waals surface area contributed by atoms with Gasteiger partial charge in [0.05, 0.1) is 23.4 Å². The number of hydrogen-bond acceptors (Lipinski definition) is 7. The van der Waals surface area contributed by atoms with Crippen LogP contribution in [0.1, 0.15) is 58.0 Å². The van der Waals surface area contributed by atoms with Gasteiger partial charge in [0.15, 0.2) is 0 Å². The van der Waals surface area contributed by atoms with Gasteiger partial charge in [-0.3, -0.25) is 34.1 Å². The lowest BCUT2D eigenvalue weighted by molar-refractivity contribution is -0.136. The van der Waals surface area contributed by atoms with Crippen LogP contribution in [0.25, 0.3) is 0 Å². The molecular formula is C29H29N7O5. The lowest BCUT2D eigenvalue weighted by atomic mass is 10.0. The van der Waals surface area contributed by atoms with Gasteiger partial charge in [0.25, 0.3) is 11.8 Å². The molecule has 1 aromatic heterocycles. The Morgan fingerprint density at radius 2 is 1.73 bits per heavy atom. The highest BCUT2D eigenvalue weighted by Gasteiger charge is 2.45. The van der Waals surface area contributed by atoms with Gasteiger partial charge in [-0.1, -0.05) is 24.3 Å². The molecule has 3 aliphatic heterocycles. The zero-order chi connectivity index (χ0) is 28.5. The van der Waals surface area contributed by atoms with Crippen molar-refractivity contribution in [1.29, 1.82) is 0 Å². The van der Waals surface area contributed by atoms with Crippen LogP contribution in [-0.4, -0.2) is 68.4 Å². The van der Waals surface area contributed by atoms with Gasteiger partial charge in [-0.15, -0.1) is 0 Å². The number of para-hydroxylation sites is 1. The number of imide groups is 2. The highest BCUT2D eigenvalue weighted by atomic mass is 16.2. The molecule has 6 amide bonds. The molecule has 3 aromatic rings. The summed E-state index contributed by atoms with van der Waals surface area (Å²) < 4.78 is 1.91. The van der Waals surface area contributed by atoms with E-state index in [1.165, 1.54) is 0 Å². The number of rotatable bonds is 6. The smallest absolute Gasteiger partial charge is 0.321 e. The maximum absolute atomic E-state index is 13.3. The molecule has 6 rings (SSSR count). The van der Waals surface area contributed by atoms with Crippen molar-refractivity contribution in [2.45, 2.75) is 44.3 Å². The minimum atomic E-state index is -1.01. The molecule has 0 aliphatic carbocycles.